The zero-order valence-electron chi connectivity index (χ0n) is 16.5. The third-order valence-electron chi connectivity index (χ3n) is 6.38. The van der Waals surface area contributed by atoms with Crippen molar-refractivity contribution in [3.8, 4) is 17.2 Å². The molecule has 4 heteroatoms. The van der Waals surface area contributed by atoms with E-state index >= 15 is 0 Å². The molecule has 2 aliphatic rings. The monoisotopic (exact) mass is 367 g/mol. The number of nitrogens with zero attached hydrogens (tertiary/aromatic N) is 1. The third kappa shape index (κ3) is 3.63. The van der Waals surface area contributed by atoms with Crippen molar-refractivity contribution in [1.29, 1.82) is 0 Å². The number of likely N-dealkylation sites (N-methyl/N-ethyl adjacent to an activating group) is 1. The predicted octanol–water partition coefficient (Wildman–Crippen LogP) is 3.47. The number of rotatable bonds is 6. The second-order valence-corrected chi connectivity index (χ2v) is 8.35. The van der Waals surface area contributed by atoms with Crippen LogP contribution in [0.1, 0.15) is 35.6 Å². The summed E-state index contributed by atoms with van der Waals surface area (Å²) in [7, 11) is 5.67. The zero-order chi connectivity index (χ0) is 19.0. The fourth-order valence-corrected chi connectivity index (χ4v) is 4.63. The molecular formula is C23H29NO3. The summed E-state index contributed by atoms with van der Waals surface area (Å²) in [5, 5.41) is 12.2. The first kappa shape index (κ1) is 18.2. The number of methoxy groups -OCH3 is 2. The van der Waals surface area contributed by atoms with E-state index in [0.717, 1.165) is 41.1 Å². The fraction of sp³-hybridized carbons (Fsp3) is 0.478. The standard InChI is InChI=1S/C23H29NO3/c1-24(15-16-4-5-16)11-10-18-14-19(26-2)7-8-20(18)21(24)12-17-6-9-23(27-3)22(25)13-17/h6-9,13-14,16,21H,4-5,10-12,15H2,1-3H3/t21-,24-/m0/s1. The first-order valence-electron chi connectivity index (χ1n) is 9.87. The van der Waals surface area contributed by atoms with Crippen LogP contribution in [0, 0.1) is 5.92 Å². The van der Waals surface area contributed by atoms with Gasteiger partial charge in [-0.2, -0.15) is 0 Å². The van der Waals surface area contributed by atoms with Crippen molar-refractivity contribution in [2.45, 2.75) is 31.7 Å². The van der Waals surface area contributed by atoms with Gasteiger partial charge in [0, 0.05) is 24.3 Å². The molecule has 0 N–H and O–H groups in total. The van der Waals surface area contributed by atoms with Gasteiger partial charge in [-0.3, -0.25) is 0 Å². The number of fused-ring (bicyclic) bond motifs is 1. The molecule has 2 aromatic rings. The van der Waals surface area contributed by atoms with E-state index in [-0.39, 0.29) is 5.75 Å². The molecular weight excluding hydrogens is 338 g/mol. The summed E-state index contributed by atoms with van der Waals surface area (Å²) in [6, 6.07) is 12.5. The molecule has 0 aromatic heterocycles. The minimum absolute atomic E-state index is 0.0304. The second kappa shape index (κ2) is 7.08. The van der Waals surface area contributed by atoms with Gasteiger partial charge in [0.2, 0.25) is 0 Å². The minimum Gasteiger partial charge on any atom is -0.870 e. The van der Waals surface area contributed by atoms with E-state index in [2.05, 4.69) is 25.2 Å². The summed E-state index contributed by atoms with van der Waals surface area (Å²) in [5.74, 6) is 2.18. The molecule has 144 valence electrons. The van der Waals surface area contributed by atoms with Crippen LogP contribution in [0.15, 0.2) is 36.4 Å². The predicted molar refractivity (Wildman–Crippen MR) is 104 cm³/mol. The number of quaternary nitrogens is 1. The van der Waals surface area contributed by atoms with Crippen LogP contribution < -0.4 is 14.6 Å². The van der Waals surface area contributed by atoms with Gasteiger partial charge in [-0.1, -0.05) is 17.9 Å². The van der Waals surface area contributed by atoms with Crippen LogP contribution >= 0.6 is 0 Å². The van der Waals surface area contributed by atoms with Gasteiger partial charge in [0.1, 0.15) is 17.5 Å². The van der Waals surface area contributed by atoms with Crippen LogP contribution in [0.3, 0.4) is 0 Å². The highest BCUT2D eigenvalue weighted by atomic mass is 16.5. The second-order valence-electron chi connectivity index (χ2n) is 8.35. The van der Waals surface area contributed by atoms with E-state index in [4.69, 9.17) is 9.47 Å². The summed E-state index contributed by atoms with van der Waals surface area (Å²) >= 11 is 0. The van der Waals surface area contributed by atoms with E-state index in [1.54, 1.807) is 26.4 Å². The van der Waals surface area contributed by atoms with Crippen molar-refractivity contribution in [2.24, 2.45) is 5.92 Å². The molecule has 0 unspecified atom stereocenters. The molecule has 4 rings (SSSR count). The maximum Gasteiger partial charge on any atom is 0.119 e. The van der Waals surface area contributed by atoms with Gasteiger partial charge < -0.3 is 19.1 Å². The Kier molecular flexibility index (Phi) is 4.77. The average molecular weight is 367 g/mol. The molecule has 27 heavy (non-hydrogen) atoms. The third-order valence-corrected chi connectivity index (χ3v) is 6.38. The number of benzene rings is 2. The van der Waals surface area contributed by atoms with Gasteiger partial charge in [0.05, 0.1) is 34.4 Å². The first-order chi connectivity index (χ1) is 13.0. The highest BCUT2D eigenvalue weighted by Gasteiger charge is 2.42. The SMILES string of the molecule is COc1ccc2c(c1)CC[N@@+](C)(CC1CC1)[C@H]2Cc1ccc(OC)c([O-])c1. The molecule has 2 aromatic carbocycles. The Morgan fingerprint density at radius 2 is 1.89 bits per heavy atom. The number of hydrogen-bond acceptors (Lipinski definition) is 3. The summed E-state index contributed by atoms with van der Waals surface area (Å²) in [5.41, 5.74) is 3.89. The molecule has 0 amide bonds. The summed E-state index contributed by atoms with van der Waals surface area (Å²) in [4.78, 5) is 0. The topological polar surface area (TPSA) is 41.5 Å². The average Bonchev–Trinajstić information content (AvgIpc) is 3.47. The summed E-state index contributed by atoms with van der Waals surface area (Å²) in [6.45, 7) is 2.37. The lowest BCUT2D eigenvalue weighted by atomic mass is 9.86. The van der Waals surface area contributed by atoms with E-state index in [9.17, 15) is 5.11 Å². The van der Waals surface area contributed by atoms with Crippen LogP contribution in [0.5, 0.6) is 17.2 Å². The van der Waals surface area contributed by atoms with Crippen molar-refractivity contribution < 1.29 is 19.1 Å². The molecule has 1 aliphatic carbocycles. The normalized spacial score (nSPS) is 24.3. The van der Waals surface area contributed by atoms with Crippen molar-refractivity contribution >= 4 is 0 Å². The Labute approximate surface area is 161 Å². The molecule has 0 saturated heterocycles. The van der Waals surface area contributed by atoms with Crippen LogP contribution in [-0.2, 0) is 12.8 Å². The van der Waals surface area contributed by atoms with E-state index in [0.29, 0.717) is 11.8 Å². The van der Waals surface area contributed by atoms with Crippen molar-refractivity contribution in [3.05, 3.63) is 53.1 Å². The summed E-state index contributed by atoms with van der Waals surface area (Å²) < 4.78 is 11.6. The first-order valence-corrected chi connectivity index (χ1v) is 9.87. The van der Waals surface area contributed by atoms with Crippen LogP contribution in [0.25, 0.3) is 0 Å². The fourth-order valence-electron chi connectivity index (χ4n) is 4.63. The lowest BCUT2D eigenvalue weighted by molar-refractivity contribution is -0.943. The lowest BCUT2D eigenvalue weighted by Crippen LogP contribution is -2.53. The molecule has 1 heterocycles. The Hall–Kier alpha value is -2.20. The smallest absolute Gasteiger partial charge is 0.119 e. The Balaban J connectivity index is 1.69. The molecule has 4 nitrogen and oxygen atoms in total. The molecule has 1 aliphatic heterocycles. The maximum atomic E-state index is 12.2. The lowest BCUT2D eigenvalue weighted by Gasteiger charge is -2.46. The highest BCUT2D eigenvalue weighted by molar-refractivity contribution is 5.43. The van der Waals surface area contributed by atoms with Crippen molar-refractivity contribution in [2.75, 3.05) is 34.4 Å². The molecule has 2 atom stereocenters. The maximum absolute atomic E-state index is 12.2. The Morgan fingerprint density at radius 3 is 2.56 bits per heavy atom. The van der Waals surface area contributed by atoms with Gasteiger partial charge in [-0.25, -0.2) is 0 Å². The zero-order valence-corrected chi connectivity index (χ0v) is 16.5. The van der Waals surface area contributed by atoms with Gasteiger partial charge in [-0.05, 0) is 48.2 Å². The Bertz CT molecular complexity index is 830. The largest absolute Gasteiger partial charge is 0.870 e. The van der Waals surface area contributed by atoms with Crippen LogP contribution in [0.2, 0.25) is 0 Å². The van der Waals surface area contributed by atoms with Gasteiger partial charge in [0.15, 0.2) is 0 Å². The van der Waals surface area contributed by atoms with Crippen LogP contribution in [0.4, 0.5) is 0 Å². The van der Waals surface area contributed by atoms with Gasteiger partial charge >= 0.3 is 0 Å². The molecule has 0 radical (unpaired) electrons. The van der Waals surface area contributed by atoms with Crippen LogP contribution in [-0.4, -0.2) is 38.8 Å². The number of ether oxygens (including phenoxy) is 2. The summed E-state index contributed by atoms with van der Waals surface area (Å²) in [6.07, 6.45) is 4.69. The van der Waals surface area contributed by atoms with Gasteiger partial charge in [0.25, 0.3) is 0 Å². The highest BCUT2D eigenvalue weighted by Crippen LogP contribution is 2.43. The van der Waals surface area contributed by atoms with Crippen molar-refractivity contribution in [3.63, 3.8) is 0 Å². The van der Waals surface area contributed by atoms with E-state index in [1.165, 1.54) is 30.5 Å². The molecule has 0 bridgehead atoms. The molecule has 1 saturated carbocycles. The van der Waals surface area contributed by atoms with E-state index < -0.39 is 0 Å². The minimum atomic E-state index is -0.0304. The van der Waals surface area contributed by atoms with E-state index in [1.807, 2.05) is 6.07 Å². The molecule has 0 spiro atoms. The quantitative estimate of drug-likeness (QED) is 0.734. The van der Waals surface area contributed by atoms with Gasteiger partial charge in [-0.15, -0.1) is 0 Å². The molecule has 1 fully saturated rings. The van der Waals surface area contributed by atoms with Crippen molar-refractivity contribution in [1.82, 2.24) is 0 Å². The Morgan fingerprint density at radius 1 is 1.07 bits per heavy atom. The number of hydrogen-bond donors (Lipinski definition) is 0.